The lowest BCUT2D eigenvalue weighted by molar-refractivity contribution is -0.121. The summed E-state index contributed by atoms with van der Waals surface area (Å²) in [6.07, 6.45) is -0.229. The van der Waals surface area contributed by atoms with E-state index in [2.05, 4.69) is 0 Å². The molecule has 1 heterocycles. The first-order valence-electron chi connectivity index (χ1n) is 7.54. The first-order chi connectivity index (χ1) is 11.0. The van der Waals surface area contributed by atoms with E-state index in [0.29, 0.717) is 6.42 Å². The molecule has 2 aromatic carbocycles. The summed E-state index contributed by atoms with van der Waals surface area (Å²) in [6, 6.07) is 17.9. The second-order valence-electron chi connectivity index (χ2n) is 5.70. The molecule has 4 nitrogen and oxygen atoms in total. The molecular formula is C18H18O4S. The highest BCUT2D eigenvalue weighted by Gasteiger charge is 2.36. The van der Waals surface area contributed by atoms with Gasteiger partial charge in [-0.15, -0.1) is 0 Å². The number of Topliss-reactive ketones (excluding diaryl/α,β-unsaturated/α-hetero) is 1. The van der Waals surface area contributed by atoms with Crippen LogP contribution in [0.3, 0.4) is 0 Å². The van der Waals surface area contributed by atoms with Gasteiger partial charge in [0.2, 0.25) is 0 Å². The van der Waals surface area contributed by atoms with Crippen molar-refractivity contribution >= 4 is 15.6 Å². The first-order valence-corrected chi connectivity index (χ1v) is 9.20. The Morgan fingerprint density at radius 1 is 0.957 bits per heavy atom. The number of ketones is 1. The van der Waals surface area contributed by atoms with Gasteiger partial charge in [0, 0.05) is 6.42 Å². The molecule has 0 aromatic heterocycles. The molecule has 0 spiro atoms. The minimum absolute atomic E-state index is 0.134. The van der Waals surface area contributed by atoms with Crippen LogP contribution in [0.1, 0.15) is 12.0 Å². The van der Waals surface area contributed by atoms with Crippen LogP contribution in [-0.4, -0.2) is 32.2 Å². The fraction of sp³-hybridized carbons (Fsp3) is 0.278. The van der Waals surface area contributed by atoms with Gasteiger partial charge in [-0.1, -0.05) is 48.5 Å². The summed E-state index contributed by atoms with van der Waals surface area (Å²) in [7, 11) is -3.52. The number of rotatable bonds is 5. The Hall–Kier alpha value is -1.98. The van der Waals surface area contributed by atoms with Crippen LogP contribution >= 0.6 is 0 Å². The third-order valence-electron chi connectivity index (χ3n) is 3.92. The summed E-state index contributed by atoms with van der Waals surface area (Å²) in [4.78, 5) is 12.3. The third kappa shape index (κ3) is 3.86. The summed E-state index contributed by atoms with van der Waals surface area (Å²) < 4.78 is 30.4. The Bertz CT molecular complexity index is 769. The lowest BCUT2D eigenvalue weighted by Gasteiger charge is -2.13. The minimum Gasteiger partial charge on any atom is -0.365 e. The number of ether oxygens (including phenoxy) is 1. The van der Waals surface area contributed by atoms with Gasteiger partial charge in [-0.05, 0) is 24.1 Å². The molecule has 23 heavy (non-hydrogen) atoms. The van der Waals surface area contributed by atoms with Crippen LogP contribution in [0.25, 0.3) is 0 Å². The van der Waals surface area contributed by atoms with E-state index in [1.54, 1.807) is 18.2 Å². The smallest absolute Gasteiger partial charge is 0.181 e. The van der Waals surface area contributed by atoms with E-state index in [4.69, 9.17) is 4.74 Å². The molecule has 1 saturated heterocycles. The summed E-state index contributed by atoms with van der Waals surface area (Å²) in [5.41, 5.74) is 1.08. The van der Waals surface area contributed by atoms with Crippen molar-refractivity contribution in [1.82, 2.24) is 0 Å². The predicted molar refractivity (Wildman–Crippen MR) is 86.9 cm³/mol. The van der Waals surface area contributed by atoms with Gasteiger partial charge in [0.25, 0.3) is 0 Å². The summed E-state index contributed by atoms with van der Waals surface area (Å²) in [6.45, 7) is 0. The van der Waals surface area contributed by atoms with Gasteiger partial charge >= 0.3 is 0 Å². The van der Waals surface area contributed by atoms with Crippen LogP contribution in [0.4, 0.5) is 0 Å². The van der Waals surface area contributed by atoms with E-state index >= 15 is 0 Å². The van der Waals surface area contributed by atoms with Crippen LogP contribution in [0.2, 0.25) is 0 Å². The normalized spacial score (nSPS) is 21.5. The predicted octanol–water partition coefficient (Wildman–Crippen LogP) is 2.43. The Kier molecular flexibility index (Phi) is 4.59. The fourth-order valence-electron chi connectivity index (χ4n) is 2.76. The van der Waals surface area contributed by atoms with Gasteiger partial charge in [0.1, 0.15) is 6.10 Å². The second kappa shape index (κ2) is 6.64. The minimum atomic E-state index is -3.52. The fourth-order valence-corrected chi connectivity index (χ4v) is 4.19. The van der Waals surface area contributed by atoms with Gasteiger partial charge < -0.3 is 4.74 Å². The number of sulfone groups is 1. The molecule has 0 radical (unpaired) electrons. The largest absolute Gasteiger partial charge is 0.365 e. The maximum absolute atomic E-state index is 12.4. The Labute approximate surface area is 136 Å². The van der Waals surface area contributed by atoms with Crippen LogP contribution < -0.4 is 0 Å². The highest BCUT2D eigenvalue weighted by atomic mass is 32.2. The molecule has 1 aliphatic heterocycles. The Morgan fingerprint density at radius 3 is 2.22 bits per heavy atom. The molecule has 5 heteroatoms. The summed E-state index contributed by atoms with van der Waals surface area (Å²) in [5, 5.41) is 0. The number of carbonyl (C=O) groups excluding carboxylic acids is 1. The van der Waals surface area contributed by atoms with Crippen molar-refractivity contribution in [3.63, 3.8) is 0 Å². The first kappa shape index (κ1) is 15.9. The number of benzene rings is 2. The molecule has 0 aliphatic carbocycles. The quantitative estimate of drug-likeness (QED) is 0.845. The highest BCUT2D eigenvalue weighted by Crippen LogP contribution is 2.23. The SMILES string of the molecule is O=C1C[C@@H](Cc2ccccc2)O[C@H]1CS(=O)(=O)c1ccccc1. The number of hydrogen-bond donors (Lipinski definition) is 0. The van der Waals surface area contributed by atoms with Crippen LogP contribution in [0, 0.1) is 0 Å². The zero-order chi connectivity index (χ0) is 16.3. The standard InChI is InChI=1S/C18H18O4S/c19-17-12-15(11-14-7-3-1-4-8-14)22-18(17)13-23(20,21)16-9-5-2-6-10-16/h1-10,15,18H,11-13H2/t15-,18+/m1/s1. The average Bonchev–Trinajstić information content (AvgIpc) is 2.88. The zero-order valence-electron chi connectivity index (χ0n) is 12.6. The van der Waals surface area contributed by atoms with Gasteiger partial charge in [-0.2, -0.15) is 0 Å². The van der Waals surface area contributed by atoms with E-state index < -0.39 is 15.9 Å². The van der Waals surface area contributed by atoms with E-state index in [0.717, 1.165) is 5.56 Å². The van der Waals surface area contributed by atoms with Crippen molar-refractivity contribution in [2.45, 2.75) is 29.9 Å². The maximum Gasteiger partial charge on any atom is 0.181 e. The Morgan fingerprint density at radius 2 is 1.57 bits per heavy atom. The molecule has 120 valence electrons. The lowest BCUT2D eigenvalue weighted by atomic mass is 10.1. The van der Waals surface area contributed by atoms with Gasteiger partial charge in [-0.25, -0.2) is 8.42 Å². The molecule has 2 atom stereocenters. The van der Waals surface area contributed by atoms with Crippen molar-refractivity contribution < 1.29 is 17.9 Å². The topological polar surface area (TPSA) is 60.4 Å². The molecule has 1 fully saturated rings. The highest BCUT2D eigenvalue weighted by molar-refractivity contribution is 7.91. The summed E-state index contributed by atoms with van der Waals surface area (Å²) >= 11 is 0. The van der Waals surface area contributed by atoms with E-state index in [1.807, 2.05) is 30.3 Å². The Balaban J connectivity index is 1.67. The van der Waals surface area contributed by atoms with Gasteiger partial charge in [0.05, 0.1) is 16.8 Å². The molecule has 2 aromatic rings. The van der Waals surface area contributed by atoms with E-state index in [9.17, 15) is 13.2 Å². The second-order valence-corrected chi connectivity index (χ2v) is 7.74. The third-order valence-corrected chi connectivity index (χ3v) is 5.66. The monoisotopic (exact) mass is 330 g/mol. The van der Waals surface area contributed by atoms with Crippen LogP contribution in [0.5, 0.6) is 0 Å². The molecule has 0 bridgehead atoms. The van der Waals surface area contributed by atoms with Crippen molar-refractivity contribution in [1.29, 1.82) is 0 Å². The van der Waals surface area contributed by atoms with E-state index in [-0.39, 0.29) is 29.0 Å². The van der Waals surface area contributed by atoms with Crippen molar-refractivity contribution in [2.75, 3.05) is 5.75 Å². The number of hydrogen-bond acceptors (Lipinski definition) is 4. The molecule has 1 aliphatic rings. The lowest BCUT2D eigenvalue weighted by Crippen LogP contribution is -2.27. The van der Waals surface area contributed by atoms with Crippen LogP contribution in [0.15, 0.2) is 65.6 Å². The molecule has 0 N–H and O–H groups in total. The van der Waals surface area contributed by atoms with Crippen LogP contribution in [-0.2, 0) is 25.8 Å². The maximum atomic E-state index is 12.4. The molecule has 0 unspecified atom stereocenters. The van der Waals surface area contributed by atoms with E-state index in [1.165, 1.54) is 12.1 Å². The molecule has 0 amide bonds. The van der Waals surface area contributed by atoms with Gasteiger partial charge in [-0.3, -0.25) is 4.79 Å². The average molecular weight is 330 g/mol. The molecular weight excluding hydrogens is 312 g/mol. The molecule has 3 rings (SSSR count). The zero-order valence-corrected chi connectivity index (χ0v) is 13.4. The molecule has 0 saturated carbocycles. The number of carbonyl (C=O) groups is 1. The van der Waals surface area contributed by atoms with Crippen molar-refractivity contribution in [3.8, 4) is 0 Å². The van der Waals surface area contributed by atoms with Crippen molar-refractivity contribution in [3.05, 3.63) is 66.2 Å². The van der Waals surface area contributed by atoms with Crippen molar-refractivity contribution in [2.24, 2.45) is 0 Å². The summed E-state index contributed by atoms with van der Waals surface area (Å²) in [5.74, 6) is -0.424. The van der Waals surface area contributed by atoms with Gasteiger partial charge in [0.15, 0.2) is 15.6 Å².